The summed E-state index contributed by atoms with van der Waals surface area (Å²) in [6, 6.07) is 17.0. The highest BCUT2D eigenvalue weighted by molar-refractivity contribution is 7.94. The SMILES string of the molecule is Cn1c(CNC(=O)c2ccccc2NS(=O)(=O)c2ccc(Cl)s2)nc2ccccc21. The van der Waals surface area contributed by atoms with Gasteiger partial charge in [0.15, 0.2) is 0 Å². The quantitative estimate of drug-likeness (QED) is 0.454. The van der Waals surface area contributed by atoms with Gasteiger partial charge in [-0.15, -0.1) is 11.3 Å². The van der Waals surface area contributed by atoms with Crippen LogP contribution in [-0.4, -0.2) is 23.9 Å². The van der Waals surface area contributed by atoms with E-state index in [9.17, 15) is 13.2 Å². The molecule has 4 aromatic rings. The first-order chi connectivity index (χ1) is 14.3. The van der Waals surface area contributed by atoms with E-state index in [-0.39, 0.29) is 22.0 Å². The van der Waals surface area contributed by atoms with Gasteiger partial charge in [-0.2, -0.15) is 0 Å². The molecule has 2 aromatic heterocycles. The molecule has 2 aromatic carbocycles. The average Bonchev–Trinajstić information content (AvgIpc) is 3.31. The van der Waals surface area contributed by atoms with E-state index in [0.29, 0.717) is 10.2 Å². The number of carbonyl (C=O) groups is 1. The van der Waals surface area contributed by atoms with Gasteiger partial charge in [0.25, 0.3) is 15.9 Å². The van der Waals surface area contributed by atoms with Gasteiger partial charge in [-0.3, -0.25) is 9.52 Å². The number of imidazole rings is 1. The van der Waals surface area contributed by atoms with Crippen LogP contribution in [0.1, 0.15) is 16.2 Å². The van der Waals surface area contributed by atoms with Gasteiger partial charge in [-0.25, -0.2) is 13.4 Å². The number of aromatic nitrogens is 2. The lowest BCUT2D eigenvalue weighted by molar-refractivity contribution is 0.0950. The van der Waals surface area contributed by atoms with Crippen LogP contribution in [0, 0.1) is 0 Å². The Balaban J connectivity index is 1.54. The maximum atomic E-state index is 12.8. The lowest BCUT2D eigenvalue weighted by atomic mass is 10.1. The van der Waals surface area contributed by atoms with E-state index in [1.54, 1.807) is 18.2 Å². The number of sulfonamides is 1. The van der Waals surface area contributed by atoms with Gasteiger partial charge in [0.2, 0.25) is 0 Å². The van der Waals surface area contributed by atoms with Crippen molar-refractivity contribution in [1.82, 2.24) is 14.9 Å². The summed E-state index contributed by atoms with van der Waals surface area (Å²) in [5, 5.41) is 2.81. The van der Waals surface area contributed by atoms with Crippen molar-refractivity contribution in [2.45, 2.75) is 10.8 Å². The van der Waals surface area contributed by atoms with Gasteiger partial charge < -0.3 is 9.88 Å². The molecule has 7 nitrogen and oxygen atoms in total. The number of aryl methyl sites for hydroxylation is 1. The first kappa shape index (κ1) is 20.4. The third-order valence-corrected chi connectivity index (χ3v) is 7.60. The highest BCUT2D eigenvalue weighted by atomic mass is 35.5. The number of rotatable bonds is 6. The predicted molar refractivity (Wildman–Crippen MR) is 118 cm³/mol. The number of halogens is 1. The largest absolute Gasteiger partial charge is 0.345 e. The number of thiophene rings is 1. The molecule has 2 N–H and O–H groups in total. The first-order valence-electron chi connectivity index (χ1n) is 8.91. The number of para-hydroxylation sites is 3. The Bertz CT molecular complexity index is 1350. The lowest BCUT2D eigenvalue weighted by Crippen LogP contribution is -2.26. The molecular formula is C20H17ClN4O3S2. The van der Waals surface area contributed by atoms with Crippen molar-refractivity contribution in [2.24, 2.45) is 7.05 Å². The lowest BCUT2D eigenvalue weighted by Gasteiger charge is -2.12. The minimum atomic E-state index is -3.85. The highest BCUT2D eigenvalue weighted by Crippen LogP contribution is 2.28. The molecule has 4 rings (SSSR count). The van der Waals surface area contributed by atoms with Crippen LogP contribution < -0.4 is 10.0 Å². The van der Waals surface area contributed by atoms with Crippen molar-refractivity contribution in [3.05, 3.63) is 76.4 Å². The fourth-order valence-corrected chi connectivity index (χ4v) is 5.58. The molecule has 30 heavy (non-hydrogen) atoms. The van der Waals surface area contributed by atoms with E-state index in [1.807, 2.05) is 35.9 Å². The second-order valence-corrected chi connectivity index (χ2v) is 10.1. The van der Waals surface area contributed by atoms with E-state index in [2.05, 4.69) is 15.0 Å². The monoisotopic (exact) mass is 460 g/mol. The molecule has 1 amide bonds. The Hall–Kier alpha value is -2.88. The summed E-state index contributed by atoms with van der Waals surface area (Å²) in [5.74, 6) is 0.278. The molecule has 0 unspecified atom stereocenters. The van der Waals surface area contributed by atoms with Gasteiger partial charge in [-0.05, 0) is 36.4 Å². The standard InChI is InChI=1S/C20H17ClN4O3S2/c1-25-16-9-5-4-8-15(16)23-18(25)12-22-20(26)13-6-2-3-7-14(13)24-30(27,28)19-11-10-17(21)29-19/h2-11,24H,12H2,1H3,(H,22,26). The van der Waals surface area contributed by atoms with Crippen molar-refractivity contribution in [1.29, 1.82) is 0 Å². The number of nitrogens with one attached hydrogen (secondary N) is 2. The fraction of sp³-hybridized carbons (Fsp3) is 0.100. The molecule has 0 aliphatic rings. The molecule has 0 fully saturated rings. The second-order valence-electron chi connectivity index (χ2n) is 6.47. The Morgan fingerprint density at radius 2 is 1.83 bits per heavy atom. The number of carbonyl (C=O) groups excluding carboxylic acids is 1. The van der Waals surface area contributed by atoms with Crippen LogP contribution >= 0.6 is 22.9 Å². The van der Waals surface area contributed by atoms with Gasteiger partial charge >= 0.3 is 0 Å². The van der Waals surface area contributed by atoms with Crippen LogP contribution in [0.3, 0.4) is 0 Å². The van der Waals surface area contributed by atoms with Crippen LogP contribution in [0.5, 0.6) is 0 Å². The average molecular weight is 461 g/mol. The van der Waals surface area contributed by atoms with Crippen molar-refractivity contribution in [3.63, 3.8) is 0 Å². The third-order valence-electron chi connectivity index (χ3n) is 4.52. The smallest absolute Gasteiger partial charge is 0.271 e. The molecule has 0 atom stereocenters. The summed E-state index contributed by atoms with van der Waals surface area (Å²) < 4.78 is 30.0. The van der Waals surface area contributed by atoms with E-state index in [1.165, 1.54) is 18.2 Å². The summed E-state index contributed by atoms with van der Waals surface area (Å²) in [6.45, 7) is 0.200. The number of hydrogen-bond donors (Lipinski definition) is 2. The molecule has 0 aliphatic carbocycles. The van der Waals surface area contributed by atoms with Crippen molar-refractivity contribution in [3.8, 4) is 0 Å². The predicted octanol–water partition coefficient (Wildman–Crippen LogP) is 4.02. The Morgan fingerprint density at radius 1 is 1.10 bits per heavy atom. The van der Waals surface area contributed by atoms with E-state index in [0.717, 1.165) is 22.4 Å². The molecule has 2 heterocycles. The second kappa shape index (κ2) is 8.10. The van der Waals surface area contributed by atoms with Crippen LogP contribution in [0.15, 0.2) is 64.9 Å². The zero-order chi connectivity index (χ0) is 21.3. The van der Waals surface area contributed by atoms with Crippen molar-refractivity contribution >= 4 is 55.6 Å². The van der Waals surface area contributed by atoms with Gasteiger partial charge in [-0.1, -0.05) is 35.9 Å². The van der Waals surface area contributed by atoms with Crippen LogP contribution in [0.25, 0.3) is 11.0 Å². The molecular weight excluding hydrogens is 444 g/mol. The zero-order valence-electron chi connectivity index (χ0n) is 15.8. The summed E-state index contributed by atoms with van der Waals surface area (Å²) >= 11 is 6.79. The molecule has 0 radical (unpaired) electrons. The number of nitrogens with zero attached hydrogens (tertiary/aromatic N) is 2. The minimum Gasteiger partial charge on any atom is -0.345 e. The molecule has 10 heteroatoms. The fourth-order valence-electron chi connectivity index (χ4n) is 3.02. The number of hydrogen-bond acceptors (Lipinski definition) is 5. The highest BCUT2D eigenvalue weighted by Gasteiger charge is 2.20. The van der Waals surface area contributed by atoms with E-state index in [4.69, 9.17) is 11.6 Å². The summed E-state index contributed by atoms with van der Waals surface area (Å²) in [6.07, 6.45) is 0. The van der Waals surface area contributed by atoms with Gasteiger partial charge in [0.05, 0.1) is 33.2 Å². The Kier molecular flexibility index (Phi) is 5.50. The number of benzene rings is 2. The Morgan fingerprint density at radius 3 is 2.57 bits per heavy atom. The molecule has 0 spiro atoms. The van der Waals surface area contributed by atoms with Crippen LogP contribution in [-0.2, 0) is 23.6 Å². The van der Waals surface area contributed by atoms with Crippen molar-refractivity contribution < 1.29 is 13.2 Å². The molecule has 0 bridgehead atoms. The van der Waals surface area contributed by atoms with Crippen LogP contribution in [0.4, 0.5) is 5.69 Å². The van der Waals surface area contributed by atoms with E-state index >= 15 is 0 Å². The third kappa shape index (κ3) is 4.04. The maximum absolute atomic E-state index is 12.8. The number of anilines is 1. The Labute approximate surface area is 182 Å². The molecule has 154 valence electrons. The summed E-state index contributed by atoms with van der Waals surface area (Å²) in [5.41, 5.74) is 2.20. The molecule has 0 saturated heterocycles. The molecule has 0 saturated carbocycles. The summed E-state index contributed by atoms with van der Waals surface area (Å²) in [4.78, 5) is 17.3. The summed E-state index contributed by atoms with van der Waals surface area (Å²) in [7, 11) is -1.97. The molecule has 0 aliphatic heterocycles. The first-order valence-corrected chi connectivity index (χ1v) is 11.6. The topological polar surface area (TPSA) is 93.1 Å². The number of fused-ring (bicyclic) bond motifs is 1. The van der Waals surface area contributed by atoms with Crippen molar-refractivity contribution in [2.75, 3.05) is 4.72 Å². The van der Waals surface area contributed by atoms with Crippen LogP contribution in [0.2, 0.25) is 4.34 Å². The van der Waals surface area contributed by atoms with Gasteiger partial charge in [0.1, 0.15) is 10.0 Å². The minimum absolute atomic E-state index is 0.0717. The number of amides is 1. The normalized spacial score (nSPS) is 11.5. The zero-order valence-corrected chi connectivity index (χ0v) is 18.2. The maximum Gasteiger partial charge on any atom is 0.271 e. The van der Waals surface area contributed by atoms with E-state index < -0.39 is 15.9 Å². The van der Waals surface area contributed by atoms with Gasteiger partial charge in [0, 0.05) is 7.05 Å².